The van der Waals surface area contributed by atoms with E-state index in [2.05, 4.69) is 11.1 Å². The van der Waals surface area contributed by atoms with E-state index >= 15 is 0 Å². The number of pyridine rings is 1. The minimum atomic E-state index is -4.74. The van der Waals surface area contributed by atoms with Crippen LogP contribution in [0, 0.1) is 17.1 Å². The lowest BCUT2D eigenvalue weighted by Crippen LogP contribution is -2.42. The molecule has 0 aliphatic heterocycles. The van der Waals surface area contributed by atoms with E-state index in [1.165, 1.54) is 12.1 Å². The summed E-state index contributed by atoms with van der Waals surface area (Å²) in [5, 5.41) is 10.3. The average Bonchev–Trinajstić information content (AvgIpc) is 3.54. The van der Waals surface area contributed by atoms with Crippen LogP contribution >= 0.6 is 0 Å². The van der Waals surface area contributed by atoms with Crippen molar-refractivity contribution >= 4 is 20.9 Å². The summed E-state index contributed by atoms with van der Waals surface area (Å²) in [6.45, 7) is 2.53. The minimum Gasteiger partial charge on any atom is -0.335 e. The molecule has 0 unspecified atom stereocenters. The van der Waals surface area contributed by atoms with Crippen molar-refractivity contribution in [2.45, 2.75) is 56.3 Å². The molecule has 1 saturated carbocycles. The van der Waals surface area contributed by atoms with E-state index < -0.39 is 33.0 Å². The van der Waals surface area contributed by atoms with Gasteiger partial charge in [0.15, 0.2) is 0 Å². The Labute approximate surface area is 187 Å². The molecule has 0 amide bonds. The molecular formula is C22H20F4N4O2S. The van der Waals surface area contributed by atoms with Gasteiger partial charge >= 0.3 is 6.18 Å². The minimum absolute atomic E-state index is 0.0966. The van der Waals surface area contributed by atoms with Crippen molar-refractivity contribution in [1.29, 1.82) is 5.26 Å². The maximum absolute atomic E-state index is 14.5. The first kappa shape index (κ1) is 23.2. The van der Waals surface area contributed by atoms with E-state index in [1.807, 2.05) is 11.5 Å². The van der Waals surface area contributed by atoms with Gasteiger partial charge in [-0.15, -0.1) is 0 Å². The van der Waals surface area contributed by atoms with E-state index in [0.717, 1.165) is 25.1 Å². The van der Waals surface area contributed by atoms with Gasteiger partial charge in [-0.1, -0.05) is 6.92 Å². The number of alkyl halides is 3. The largest absolute Gasteiger partial charge is 0.404 e. The number of aryl methyl sites for hydroxylation is 1. The summed E-state index contributed by atoms with van der Waals surface area (Å²) >= 11 is 0. The number of hydrogen-bond donors (Lipinski definition) is 1. The number of halogens is 4. The second kappa shape index (κ2) is 8.11. The molecule has 11 heteroatoms. The van der Waals surface area contributed by atoms with Gasteiger partial charge in [0.25, 0.3) is 0 Å². The Kier molecular flexibility index (Phi) is 5.70. The van der Waals surface area contributed by atoms with Crippen LogP contribution in [0.3, 0.4) is 0 Å². The molecule has 33 heavy (non-hydrogen) atoms. The zero-order valence-electron chi connectivity index (χ0n) is 17.7. The molecule has 174 valence electrons. The van der Waals surface area contributed by atoms with Crippen LogP contribution in [0.1, 0.15) is 43.9 Å². The molecule has 1 N–H and O–H groups in total. The lowest BCUT2D eigenvalue weighted by molar-refractivity contribution is -0.147. The zero-order chi connectivity index (χ0) is 24.1. The third-order valence-corrected chi connectivity index (χ3v) is 7.21. The normalized spacial score (nSPS) is 15.5. The molecular weight excluding hydrogens is 460 g/mol. The van der Waals surface area contributed by atoms with Crippen LogP contribution in [-0.2, 0) is 16.4 Å². The molecule has 0 saturated heterocycles. The van der Waals surface area contributed by atoms with Crippen molar-refractivity contribution in [3.63, 3.8) is 0 Å². The van der Waals surface area contributed by atoms with E-state index in [9.17, 15) is 31.2 Å². The number of aromatic nitrogens is 2. The van der Waals surface area contributed by atoms with E-state index in [-0.39, 0.29) is 17.3 Å². The molecule has 2 heterocycles. The Morgan fingerprint density at radius 2 is 2.00 bits per heavy atom. The second-order valence-electron chi connectivity index (χ2n) is 8.01. The highest BCUT2D eigenvalue weighted by Crippen LogP contribution is 2.45. The summed E-state index contributed by atoms with van der Waals surface area (Å²) in [7, 11) is -4.46. The van der Waals surface area contributed by atoms with Crippen LogP contribution in [0.15, 0.2) is 35.4 Å². The molecule has 1 atom stereocenters. The number of benzene rings is 1. The van der Waals surface area contributed by atoms with Crippen LogP contribution in [0.25, 0.3) is 22.3 Å². The van der Waals surface area contributed by atoms with Crippen LogP contribution in [0.4, 0.5) is 17.6 Å². The quantitative estimate of drug-likeness (QED) is 0.512. The van der Waals surface area contributed by atoms with Gasteiger partial charge in [-0.05, 0) is 56.0 Å². The maximum Gasteiger partial charge on any atom is 0.404 e. The highest BCUT2D eigenvalue weighted by Gasteiger charge is 2.39. The van der Waals surface area contributed by atoms with Crippen molar-refractivity contribution < 1.29 is 26.0 Å². The summed E-state index contributed by atoms with van der Waals surface area (Å²) in [6.07, 6.45) is -1.57. The number of sulfonamides is 1. The van der Waals surface area contributed by atoms with Crippen molar-refractivity contribution in [1.82, 2.24) is 14.3 Å². The van der Waals surface area contributed by atoms with E-state index in [0.29, 0.717) is 35.5 Å². The molecule has 1 aliphatic rings. The lowest BCUT2D eigenvalue weighted by Gasteiger charge is -2.17. The first-order valence-electron chi connectivity index (χ1n) is 10.3. The first-order valence-corrected chi connectivity index (χ1v) is 11.8. The van der Waals surface area contributed by atoms with Crippen molar-refractivity contribution in [3.8, 4) is 17.5 Å². The second-order valence-corrected chi connectivity index (χ2v) is 9.73. The Morgan fingerprint density at radius 3 is 2.52 bits per heavy atom. The topological polar surface area (TPSA) is 87.8 Å². The van der Waals surface area contributed by atoms with Crippen molar-refractivity contribution in [3.05, 3.63) is 47.4 Å². The Morgan fingerprint density at radius 1 is 1.30 bits per heavy atom. The van der Waals surface area contributed by atoms with Crippen molar-refractivity contribution in [2.24, 2.45) is 0 Å². The summed E-state index contributed by atoms with van der Waals surface area (Å²) in [5.74, 6) is -0.416. The van der Waals surface area contributed by atoms with Gasteiger partial charge in [0.2, 0.25) is 10.0 Å². The van der Waals surface area contributed by atoms with E-state index in [4.69, 9.17) is 0 Å². The lowest BCUT2D eigenvalue weighted by atomic mass is 10.1. The molecule has 2 aromatic heterocycles. The molecule has 0 spiro atoms. The number of hydrogen-bond acceptors (Lipinski definition) is 4. The van der Waals surface area contributed by atoms with Crippen LogP contribution in [-0.4, -0.2) is 30.2 Å². The Hall–Kier alpha value is -2.97. The van der Waals surface area contributed by atoms with Crippen LogP contribution in [0.5, 0.6) is 0 Å². The molecule has 4 rings (SSSR count). The van der Waals surface area contributed by atoms with Gasteiger partial charge in [-0.3, -0.25) is 4.98 Å². The maximum atomic E-state index is 14.5. The third kappa shape index (κ3) is 4.20. The smallest absolute Gasteiger partial charge is 0.335 e. The molecule has 3 aromatic rings. The SMILES string of the molecule is CCc1cc2c(cc1F)c(C#N)c(-c1ccc(S(=O)(=O)N[C@@H](C)C(F)(F)F)cn1)n2C1CC1. The number of fused-ring (bicyclic) bond motifs is 1. The highest BCUT2D eigenvalue weighted by molar-refractivity contribution is 7.89. The number of nitrogens with zero attached hydrogens (tertiary/aromatic N) is 3. The summed E-state index contributed by atoms with van der Waals surface area (Å²) in [5.41, 5.74) is 2.13. The standard InChI is InChI=1S/C22H20F4N4O2S/c1-3-13-8-20-16(9-18(13)23)17(10-27)21(30(20)14-4-5-14)19-7-6-15(11-28-19)33(31,32)29-12(2)22(24,25)26/h6-9,11-12,14,29H,3-5H2,1-2H3/t12-/m0/s1. The number of nitriles is 1. The van der Waals surface area contributed by atoms with Gasteiger partial charge in [-0.2, -0.15) is 23.2 Å². The van der Waals surface area contributed by atoms with Gasteiger partial charge in [0.05, 0.1) is 22.5 Å². The summed E-state index contributed by atoms with van der Waals surface area (Å²) in [6, 6.07) is 5.47. The van der Waals surface area contributed by atoms with Gasteiger partial charge in [0.1, 0.15) is 22.8 Å². The molecule has 0 radical (unpaired) electrons. The fourth-order valence-corrected chi connectivity index (χ4v) is 4.94. The average molecular weight is 480 g/mol. The van der Waals surface area contributed by atoms with Crippen LogP contribution < -0.4 is 4.72 Å². The number of nitrogens with one attached hydrogen (secondary N) is 1. The van der Waals surface area contributed by atoms with E-state index in [1.54, 1.807) is 10.8 Å². The van der Waals surface area contributed by atoms with Crippen molar-refractivity contribution in [2.75, 3.05) is 0 Å². The molecule has 1 aromatic carbocycles. The fraction of sp³-hybridized carbons (Fsp3) is 0.364. The fourth-order valence-electron chi connectivity index (χ4n) is 3.77. The molecule has 1 aliphatic carbocycles. The van der Waals surface area contributed by atoms with Gasteiger partial charge in [0, 0.05) is 17.6 Å². The monoisotopic (exact) mass is 480 g/mol. The molecule has 6 nitrogen and oxygen atoms in total. The summed E-state index contributed by atoms with van der Waals surface area (Å²) < 4.78 is 81.0. The summed E-state index contributed by atoms with van der Waals surface area (Å²) in [4.78, 5) is 3.72. The van der Waals surface area contributed by atoms with Gasteiger partial charge in [-0.25, -0.2) is 12.8 Å². The highest BCUT2D eigenvalue weighted by atomic mass is 32.2. The Bertz CT molecular complexity index is 1370. The first-order chi connectivity index (χ1) is 15.5. The van der Waals surface area contributed by atoms with Gasteiger partial charge < -0.3 is 4.57 Å². The third-order valence-electron chi connectivity index (χ3n) is 5.69. The Balaban J connectivity index is 1.82. The molecule has 0 bridgehead atoms. The van der Waals surface area contributed by atoms with Crippen LogP contribution in [0.2, 0.25) is 0 Å². The zero-order valence-corrected chi connectivity index (χ0v) is 18.6. The predicted molar refractivity (Wildman–Crippen MR) is 113 cm³/mol. The number of rotatable bonds is 6. The predicted octanol–water partition coefficient (Wildman–Crippen LogP) is 4.84. The molecule has 1 fully saturated rings.